The molecule has 0 aromatic rings. The molecule has 0 amide bonds. The maximum atomic E-state index is 10.7. The summed E-state index contributed by atoms with van der Waals surface area (Å²) in [4.78, 5) is 10.7. The minimum atomic E-state index is -2.45. The second-order valence-corrected chi connectivity index (χ2v) is 9.86. The Morgan fingerprint density at radius 1 is 1.06 bits per heavy atom. The van der Waals surface area contributed by atoms with Gasteiger partial charge in [0.15, 0.2) is 5.12 Å². The van der Waals surface area contributed by atoms with E-state index in [-0.39, 0.29) is 5.12 Å². The summed E-state index contributed by atoms with van der Waals surface area (Å²) in [5.41, 5.74) is 0. The summed E-state index contributed by atoms with van der Waals surface area (Å²) in [6, 6.07) is 0.993. The second kappa shape index (κ2) is 11.2. The van der Waals surface area contributed by atoms with Gasteiger partial charge in [0.1, 0.15) is 9.04 Å². The summed E-state index contributed by atoms with van der Waals surface area (Å²) in [6.45, 7) is 7.74. The Kier molecular flexibility index (Phi) is 11.4. The Morgan fingerprint density at radius 3 is 1.94 bits per heavy atom. The van der Waals surface area contributed by atoms with E-state index in [1.165, 1.54) is 0 Å². The van der Waals surface area contributed by atoms with Crippen LogP contribution < -0.4 is 0 Å². The molecule has 0 spiro atoms. The molecule has 0 aliphatic carbocycles. The first-order valence-electron chi connectivity index (χ1n) is 6.48. The van der Waals surface area contributed by atoms with Gasteiger partial charge >= 0.3 is 8.32 Å². The van der Waals surface area contributed by atoms with Crippen LogP contribution in [0.15, 0.2) is 0 Å². The minimum Gasteiger partial charge on any atom is -0.377 e. The summed E-state index contributed by atoms with van der Waals surface area (Å²) in [7, 11) is -1.90. The van der Waals surface area contributed by atoms with Gasteiger partial charge < -0.3 is 13.3 Å². The standard InChI is InChI=1S/C11H24O4SSi2/c1-4-13-18(14-5-2,15-6-3)17-10-8-7-9-11(12)16/h4-10H2,1-3H3,(H,12,16). The number of rotatable bonds is 12. The van der Waals surface area contributed by atoms with Crippen molar-refractivity contribution in [1.82, 2.24) is 0 Å². The molecule has 0 rings (SSSR count). The molecular formula is C11H24O4SSi2. The minimum absolute atomic E-state index is 0.0405. The second-order valence-electron chi connectivity index (χ2n) is 3.63. The topological polar surface area (TPSA) is 44.8 Å². The van der Waals surface area contributed by atoms with Crippen LogP contribution in [0, 0.1) is 0 Å². The maximum Gasteiger partial charge on any atom is 0.464 e. The van der Waals surface area contributed by atoms with E-state index in [9.17, 15) is 4.79 Å². The van der Waals surface area contributed by atoms with E-state index in [4.69, 9.17) is 13.3 Å². The van der Waals surface area contributed by atoms with E-state index >= 15 is 0 Å². The van der Waals surface area contributed by atoms with Crippen LogP contribution in [0.1, 0.15) is 40.0 Å². The smallest absolute Gasteiger partial charge is 0.377 e. The van der Waals surface area contributed by atoms with Gasteiger partial charge in [-0.15, -0.1) is 12.6 Å². The van der Waals surface area contributed by atoms with Crippen molar-refractivity contribution in [3.8, 4) is 0 Å². The van der Waals surface area contributed by atoms with Crippen LogP contribution in [0.4, 0.5) is 0 Å². The Labute approximate surface area is 119 Å². The zero-order chi connectivity index (χ0) is 13.9. The lowest BCUT2D eigenvalue weighted by molar-refractivity contribution is -0.110. The summed E-state index contributed by atoms with van der Waals surface area (Å²) in [6.07, 6.45) is 2.41. The fraction of sp³-hybridized carbons (Fsp3) is 0.909. The molecule has 7 heteroatoms. The molecule has 0 aliphatic heterocycles. The highest BCUT2D eigenvalue weighted by molar-refractivity contribution is 7.96. The Balaban J connectivity index is 4.08. The van der Waals surface area contributed by atoms with Crippen molar-refractivity contribution in [1.29, 1.82) is 0 Å². The zero-order valence-electron chi connectivity index (χ0n) is 11.5. The number of carbonyl (C=O) groups excluding carboxylic acids is 1. The molecule has 0 saturated heterocycles. The molecule has 0 fully saturated rings. The largest absolute Gasteiger partial charge is 0.464 e. The third-order valence-corrected chi connectivity index (χ3v) is 8.78. The highest BCUT2D eigenvalue weighted by atomic mass is 32.1. The molecule has 0 atom stereocenters. The molecule has 0 saturated carbocycles. The predicted molar refractivity (Wildman–Crippen MR) is 79.0 cm³/mol. The highest BCUT2D eigenvalue weighted by Gasteiger charge is 2.39. The normalized spacial score (nSPS) is 11.8. The fourth-order valence-electron chi connectivity index (χ4n) is 1.49. The van der Waals surface area contributed by atoms with Gasteiger partial charge in [-0.1, -0.05) is 12.5 Å². The molecule has 0 bridgehead atoms. The van der Waals surface area contributed by atoms with Crippen molar-refractivity contribution >= 4 is 35.1 Å². The number of thiol groups is 1. The van der Waals surface area contributed by atoms with Crippen molar-refractivity contribution in [2.75, 3.05) is 19.8 Å². The van der Waals surface area contributed by atoms with Crippen LogP contribution >= 0.6 is 12.6 Å². The molecule has 2 radical (unpaired) electrons. The quantitative estimate of drug-likeness (QED) is 0.341. The summed E-state index contributed by atoms with van der Waals surface area (Å²) >= 11 is 3.76. The average Bonchev–Trinajstić information content (AvgIpc) is 2.29. The van der Waals surface area contributed by atoms with E-state index < -0.39 is 8.32 Å². The first-order chi connectivity index (χ1) is 8.60. The van der Waals surface area contributed by atoms with Crippen molar-refractivity contribution in [3.05, 3.63) is 0 Å². The SMILES string of the molecule is CCO[Si](OCC)(OCC)[Si]CCCCC(=O)S. The van der Waals surface area contributed by atoms with Crippen LogP contribution in [0.2, 0.25) is 6.04 Å². The van der Waals surface area contributed by atoms with Gasteiger partial charge in [0.05, 0.1) is 0 Å². The van der Waals surface area contributed by atoms with Crippen molar-refractivity contribution in [3.63, 3.8) is 0 Å². The monoisotopic (exact) mass is 308 g/mol. The molecule has 0 N–H and O–H groups in total. The first-order valence-corrected chi connectivity index (χ1v) is 10.9. The number of unbranched alkanes of at least 4 members (excludes halogenated alkanes) is 1. The van der Waals surface area contributed by atoms with Crippen molar-refractivity contribution in [2.45, 2.75) is 46.1 Å². The van der Waals surface area contributed by atoms with Gasteiger partial charge in [-0.05, 0) is 27.2 Å². The molecule has 18 heavy (non-hydrogen) atoms. The first kappa shape index (κ1) is 18.3. The van der Waals surface area contributed by atoms with Crippen LogP contribution in [-0.2, 0) is 18.1 Å². The van der Waals surface area contributed by atoms with Gasteiger partial charge in [0.2, 0.25) is 0 Å². The molecule has 0 aliphatic rings. The lowest BCUT2D eigenvalue weighted by Crippen LogP contribution is -2.52. The van der Waals surface area contributed by atoms with Gasteiger partial charge in [-0.25, -0.2) is 0 Å². The van der Waals surface area contributed by atoms with Crippen LogP contribution in [0.25, 0.3) is 0 Å². The maximum absolute atomic E-state index is 10.7. The van der Waals surface area contributed by atoms with Crippen molar-refractivity contribution in [2.24, 2.45) is 0 Å². The Bertz CT molecular complexity index is 212. The summed E-state index contributed by atoms with van der Waals surface area (Å²) < 4.78 is 17.3. The van der Waals surface area contributed by atoms with Crippen LogP contribution in [0.5, 0.6) is 0 Å². The molecule has 106 valence electrons. The van der Waals surface area contributed by atoms with Crippen molar-refractivity contribution < 1.29 is 18.1 Å². The van der Waals surface area contributed by atoms with E-state index in [2.05, 4.69) is 12.6 Å². The van der Waals surface area contributed by atoms with Gasteiger partial charge in [0, 0.05) is 26.2 Å². The average molecular weight is 309 g/mol. The number of hydrogen-bond donors (Lipinski definition) is 1. The summed E-state index contributed by atoms with van der Waals surface area (Å²) in [5, 5.41) is -0.0405. The van der Waals surface area contributed by atoms with Gasteiger partial charge in [-0.2, -0.15) is 0 Å². The van der Waals surface area contributed by atoms with Crippen LogP contribution in [0.3, 0.4) is 0 Å². The molecule has 0 aromatic carbocycles. The Morgan fingerprint density at radius 2 is 1.56 bits per heavy atom. The Hall–Kier alpha value is 0.334. The van der Waals surface area contributed by atoms with Crippen LogP contribution in [-0.4, -0.2) is 42.3 Å². The van der Waals surface area contributed by atoms with E-state index in [0.717, 1.165) is 18.9 Å². The molecule has 0 heterocycles. The third kappa shape index (κ3) is 8.44. The highest BCUT2D eigenvalue weighted by Crippen LogP contribution is 2.13. The number of carbonyl (C=O) groups is 1. The molecular weight excluding hydrogens is 284 g/mol. The van der Waals surface area contributed by atoms with E-state index in [0.29, 0.717) is 35.3 Å². The third-order valence-electron chi connectivity index (χ3n) is 2.16. The molecule has 0 aromatic heterocycles. The summed E-state index contributed by atoms with van der Waals surface area (Å²) in [5.74, 6) is 0. The zero-order valence-corrected chi connectivity index (χ0v) is 14.4. The predicted octanol–water partition coefficient (Wildman–Crippen LogP) is 2.28. The molecule has 0 unspecified atom stereocenters. The lowest BCUT2D eigenvalue weighted by Gasteiger charge is -2.28. The van der Waals surface area contributed by atoms with E-state index in [1.807, 2.05) is 20.8 Å². The molecule has 4 nitrogen and oxygen atoms in total. The van der Waals surface area contributed by atoms with Gasteiger partial charge in [0.25, 0.3) is 0 Å². The van der Waals surface area contributed by atoms with Gasteiger partial charge in [-0.3, -0.25) is 4.79 Å². The van der Waals surface area contributed by atoms with E-state index in [1.54, 1.807) is 0 Å². The fourth-order valence-corrected chi connectivity index (χ4v) is 7.74. The lowest BCUT2D eigenvalue weighted by atomic mass is 10.3. The number of hydrogen-bond acceptors (Lipinski definition) is 4.